The van der Waals surface area contributed by atoms with Gasteiger partial charge < -0.3 is 15.0 Å². The van der Waals surface area contributed by atoms with Crippen LogP contribution in [0.3, 0.4) is 0 Å². The van der Waals surface area contributed by atoms with E-state index in [1.54, 1.807) is 24.3 Å². The first kappa shape index (κ1) is 25.0. The van der Waals surface area contributed by atoms with Crippen molar-refractivity contribution in [3.8, 4) is 5.75 Å². The van der Waals surface area contributed by atoms with Gasteiger partial charge >= 0.3 is 0 Å². The van der Waals surface area contributed by atoms with Gasteiger partial charge in [0.15, 0.2) is 6.61 Å². The molecule has 2 aromatic carbocycles. The van der Waals surface area contributed by atoms with Crippen molar-refractivity contribution in [1.29, 1.82) is 0 Å². The van der Waals surface area contributed by atoms with Crippen LogP contribution in [0.1, 0.15) is 45.2 Å². The standard InChI is InChI=1S/C24H30Cl2N2O3/c1-6-21(23(30)27-24(3,4)5)28(14-17-10-11-18(25)13-20(17)26)22(29)15-31-19-9-7-8-16(2)12-19/h7-13,21H,6,14-15H2,1-5H3,(H,27,30)/t21-/m1/s1. The summed E-state index contributed by atoms with van der Waals surface area (Å²) < 4.78 is 5.71. The van der Waals surface area contributed by atoms with Crippen LogP contribution in [0.25, 0.3) is 0 Å². The van der Waals surface area contributed by atoms with Crippen LogP contribution in [0, 0.1) is 6.92 Å². The van der Waals surface area contributed by atoms with E-state index in [1.165, 1.54) is 4.90 Å². The molecule has 2 rings (SSSR count). The number of ether oxygens (including phenoxy) is 1. The number of aryl methyl sites for hydroxylation is 1. The van der Waals surface area contributed by atoms with Crippen molar-refractivity contribution in [1.82, 2.24) is 10.2 Å². The van der Waals surface area contributed by atoms with Gasteiger partial charge in [-0.2, -0.15) is 0 Å². The maximum Gasteiger partial charge on any atom is 0.261 e. The van der Waals surface area contributed by atoms with Gasteiger partial charge in [0.2, 0.25) is 5.91 Å². The van der Waals surface area contributed by atoms with Gasteiger partial charge in [-0.25, -0.2) is 0 Å². The summed E-state index contributed by atoms with van der Waals surface area (Å²) in [5.41, 5.74) is 1.32. The van der Waals surface area contributed by atoms with Gasteiger partial charge in [0, 0.05) is 22.1 Å². The highest BCUT2D eigenvalue weighted by atomic mass is 35.5. The normalized spacial score (nSPS) is 12.2. The van der Waals surface area contributed by atoms with Gasteiger partial charge in [0.05, 0.1) is 0 Å². The second kappa shape index (κ2) is 10.9. The number of nitrogens with one attached hydrogen (secondary N) is 1. The van der Waals surface area contributed by atoms with Gasteiger partial charge in [-0.1, -0.05) is 48.3 Å². The molecule has 1 N–H and O–H groups in total. The highest BCUT2D eigenvalue weighted by Crippen LogP contribution is 2.24. The van der Waals surface area contributed by atoms with Crippen molar-refractivity contribution in [2.75, 3.05) is 6.61 Å². The summed E-state index contributed by atoms with van der Waals surface area (Å²) in [6.07, 6.45) is 0.448. The fourth-order valence-corrected chi connectivity index (χ4v) is 3.61. The molecule has 31 heavy (non-hydrogen) atoms. The summed E-state index contributed by atoms with van der Waals surface area (Å²) in [5, 5.41) is 3.92. The number of halogens is 2. The molecule has 2 amide bonds. The Morgan fingerprint density at radius 1 is 1.13 bits per heavy atom. The first-order valence-corrected chi connectivity index (χ1v) is 11.0. The number of carbonyl (C=O) groups excluding carboxylic acids is 2. The van der Waals surface area contributed by atoms with Crippen molar-refractivity contribution < 1.29 is 14.3 Å². The topological polar surface area (TPSA) is 58.6 Å². The van der Waals surface area contributed by atoms with Crippen molar-refractivity contribution in [2.45, 2.75) is 59.2 Å². The minimum absolute atomic E-state index is 0.169. The zero-order valence-electron chi connectivity index (χ0n) is 18.7. The molecule has 5 nitrogen and oxygen atoms in total. The number of benzene rings is 2. The molecule has 0 aromatic heterocycles. The molecular formula is C24H30Cl2N2O3. The minimum atomic E-state index is -0.667. The molecule has 168 valence electrons. The minimum Gasteiger partial charge on any atom is -0.484 e. The Morgan fingerprint density at radius 2 is 1.84 bits per heavy atom. The van der Waals surface area contributed by atoms with Crippen LogP contribution < -0.4 is 10.1 Å². The highest BCUT2D eigenvalue weighted by molar-refractivity contribution is 6.35. The monoisotopic (exact) mass is 464 g/mol. The van der Waals surface area contributed by atoms with E-state index in [0.29, 0.717) is 27.8 Å². The molecule has 0 saturated carbocycles. The zero-order chi connectivity index (χ0) is 23.2. The largest absolute Gasteiger partial charge is 0.484 e. The Kier molecular flexibility index (Phi) is 8.78. The summed E-state index contributed by atoms with van der Waals surface area (Å²) in [7, 11) is 0. The highest BCUT2D eigenvalue weighted by Gasteiger charge is 2.31. The number of rotatable bonds is 8. The zero-order valence-corrected chi connectivity index (χ0v) is 20.2. The molecule has 0 aliphatic heterocycles. The molecule has 0 aliphatic carbocycles. The lowest BCUT2D eigenvalue weighted by Gasteiger charge is -2.33. The van der Waals surface area contributed by atoms with Crippen molar-refractivity contribution >= 4 is 35.0 Å². The third-order valence-corrected chi connectivity index (χ3v) is 5.18. The molecule has 0 radical (unpaired) electrons. The van der Waals surface area contributed by atoms with E-state index in [0.717, 1.165) is 5.56 Å². The fraction of sp³-hybridized carbons (Fsp3) is 0.417. The lowest BCUT2D eigenvalue weighted by molar-refractivity contribution is -0.143. The van der Waals surface area contributed by atoms with Crippen molar-refractivity contribution in [2.24, 2.45) is 0 Å². The summed E-state index contributed by atoms with van der Waals surface area (Å²) >= 11 is 12.4. The molecular weight excluding hydrogens is 435 g/mol. The second-order valence-electron chi connectivity index (χ2n) is 8.53. The maximum atomic E-state index is 13.2. The van der Waals surface area contributed by atoms with Crippen molar-refractivity contribution in [3.63, 3.8) is 0 Å². The first-order chi connectivity index (χ1) is 14.5. The molecule has 0 aliphatic rings. The van der Waals surface area contributed by atoms with Crippen LogP contribution in [0.4, 0.5) is 0 Å². The Hall–Kier alpha value is -2.24. The van der Waals surface area contributed by atoms with E-state index in [4.69, 9.17) is 27.9 Å². The maximum absolute atomic E-state index is 13.2. The van der Waals surface area contributed by atoms with Crippen LogP contribution in [-0.4, -0.2) is 34.9 Å². The van der Waals surface area contributed by atoms with Gasteiger partial charge in [-0.3, -0.25) is 9.59 Å². The van der Waals surface area contributed by atoms with E-state index in [1.807, 2.05) is 52.8 Å². The Bertz CT molecular complexity index is 925. The number of hydrogen-bond acceptors (Lipinski definition) is 3. The Morgan fingerprint density at radius 3 is 2.42 bits per heavy atom. The third kappa shape index (κ3) is 7.75. The van der Waals surface area contributed by atoms with E-state index >= 15 is 0 Å². The number of hydrogen-bond donors (Lipinski definition) is 1. The van der Waals surface area contributed by atoms with Crippen LogP contribution >= 0.6 is 23.2 Å². The smallest absolute Gasteiger partial charge is 0.261 e. The van der Waals surface area contributed by atoms with Crippen LogP contribution in [0.2, 0.25) is 10.0 Å². The molecule has 0 bridgehead atoms. The molecule has 2 aromatic rings. The molecule has 0 unspecified atom stereocenters. The molecule has 0 spiro atoms. The summed E-state index contributed by atoms with van der Waals surface area (Å²) in [6.45, 7) is 9.52. The number of carbonyl (C=O) groups is 2. The Labute approximate surface area is 194 Å². The Balaban J connectivity index is 2.28. The predicted octanol–water partition coefficient (Wildman–Crippen LogP) is 5.40. The first-order valence-electron chi connectivity index (χ1n) is 10.2. The van der Waals surface area contributed by atoms with Gasteiger partial charge in [0.25, 0.3) is 5.91 Å². The SMILES string of the molecule is CC[C@H](C(=O)NC(C)(C)C)N(Cc1ccc(Cl)cc1Cl)C(=O)COc1cccc(C)c1. The molecule has 1 atom stereocenters. The quantitative estimate of drug-likeness (QED) is 0.568. The molecule has 0 fully saturated rings. The molecule has 0 heterocycles. The fourth-order valence-electron chi connectivity index (χ4n) is 3.14. The number of amides is 2. The van der Waals surface area contributed by atoms with E-state index in [-0.39, 0.29) is 25.0 Å². The predicted molar refractivity (Wildman–Crippen MR) is 126 cm³/mol. The lowest BCUT2D eigenvalue weighted by Crippen LogP contribution is -2.54. The lowest BCUT2D eigenvalue weighted by atomic mass is 10.1. The van der Waals surface area contributed by atoms with E-state index < -0.39 is 11.6 Å². The van der Waals surface area contributed by atoms with E-state index in [9.17, 15) is 9.59 Å². The van der Waals surface area contributed by atoms with Crippen molar-refractivity contribution in [3.05, 3.63) is 63.6 Å². The van der Waals surface area contributed by atoms with Crippen LogP contribution in [0.15, 0.2) is 42.5 Å². The number of nitrogens with zero attached hydrogens (tertiary/aromatic N) is 1. The molecule has 7 heteroatoms. The summed E-state index contributed by atoms with van der Waals surface area (Å²) in [5.74, 6) is 0.0810. The van der Waals surface area contributed by atoms with Gasteiger partial charge in [-0.05, 0) is 69.5 Å². The van der Waals surface area contributed by atoms with Gasteiger partial charge in [-0.15, -0.1) is 0 Å². The second-order valence-corrected chi connectivity index (χ2v) is 9.37. The summed E-state index contributed by atoms with van der Waals surface area (Å²) in [4.78, 5) is 27.7. The van der Waals surface area contributed by atoms with E-state index in [2.05, 4.69) is 5.32 Å². The van der Waals surface area contributed by atoms with Crippen LogP contribution in [-0.2, 0) is 16.1 Å². The average molecular weight is 465 g/mol. The summed E-state index contributed by atoms with van der Waals surface area (Å²) in [6, 6.07) is 11.9. The molecule has 0 saturated heterocycles. The third-order valence-electron chi connectivity index (χ3n) is 4.59. The van der Waals surface area contributed by atoms with Crippen LogP contribution in [0.5, 0.6) is 5.75 Å². The van der Waals surface area contributed by atoms with Gasteiger partial charge in [0.1, 0.15) is 11.8 Å². The average Bonchev–Trinajstić information content (AvgIpc) is 2.66.